The fourth-order valence-electron chi connectivity index (χ4n) is 1.67. The highest BCUT2D eigenvalue weighted by atomic mass is 127. The number of benzene rings is 1. The Hall–Kier alpha value is -0.620. The second-order valence-electron chi connectivity index (χ2n) is 4.91. The Kier molecular flexibility index (Phi) is 4.55. The first-order chi connectivity index (χ1) is 7.72. The summed E-state index contributed by atoms with van der Waals surface area (Å²) in [6, 6.07) is 5.68. The van der Waals surface area contributed by atoms with Gasteiger partial charge < -0.3 is 10.0 Å². The summed E-state index contributed by atoms with van der Waals surface area (Å²) in [6.45, 7) is 5.68. The van der Waals surface area contributed by atoms with Crippen molar-refractivity contribution in [2.45, 2.75) is 26.4 Å². The molecule has 1 aromatic carbocycles. The van der Waals surface area contributed by atoms with Crippen LogP contribution in [0, 0.1) is 10.5 Å². The number of likely N-dealkylation sites (N-methyl/N-ethyl adjacent to an activating group) is 1. The molecule has 0 spiro atoms. The molecular formula is C13H18INO2. The van der Waals surface area contributed by atoms with Crippen LogP contribution in [0.15, 0.2) is 18.2 Å². The lowest BCUT2D eigenvalue weighted by Gasteiger charge is -2.26. The molecule has 0 unspecified atom stereocenters. The predicted molar refractivity (Wildman–Crippen MR) is 77.2 cm³/mol. The van der Waals surface area contributed by atoms with E-state index >= 15 is 0 Å². The zero-order valence-electron chi connectivity index (χ0n) is 10.6. The first-order valence-corrected chi connectivity index (χ1v) is 6.53. The molecule has 1 amide bonds. The van der Waals surface area contributed by atoms with Crippen molar-refractivity contribution in [2.24, 2.45) is 0 Å². The Labute approximate surface area is 116 Å². The highest BCUT2D eigenvalue weighted by molar-refractivity contribution is 14.1. The van der Waals surface area contributed by atoms with E-state index in [0.29, 0.717) is 12.1 Å². The Morgan fingerprint density at radius 2 is 2.06 bits per heavy atom. The fourth-order valence-corrected chi connectivity index (χ4v) is 2.26. The highest BCUT2D eigenvalue weighted by Gasteiger charge is 2.21. The Bertz CT molecular complexity index is 424. The minimum absolute atomic E-state index is 0.0553. The molecule has 0 fully saturated rings. The highest BCUT2D eigenvalue weighted by Crippen LogP contribution is 2.18. The van der Waals surface area contributed by atoms with Gasteiger partial charge in [0, 0.05) is 17.2 Å². The van der Waals surface area contributed by atoms with Crippen LogP contribution in [0.5, 0.6) is 0 Å². The van der Waals surface area contributed by atoms with E-state index in [1.165, 1.54) is 0 Å². The van der Waals surface area contributed by atoms with Gasteiger partial charge in [-0.25, -0.2) is 0 Å². The van der Waals surface area contributed by atoms with Gasteiger partial charge >= 0.3 is 0 Å². The number of halogens is 1. The van der Waals surface area contributed by atoms with Crippen LogP contribution in [0.1, 0.15) is 29.8 Å². The molecule has 0 bridgehead atoms. The van der Waals surface area contributed by atoms with Gasteiger partial charge in [0.05, 0.1) is 11.2 Å². The molecule has 1 rings (SSSR count). The second kappa shape index (κ2) is 5.35. The zero-order chi connectivity index (χ0) is 13.2. The van der Waals surface area contributed by atoms with Crippen LogP contribution >= 0.6 is 22.6 Å². The molecular weight excluding hydrogens is 329 g/mol. The molecule has 0 atom stereocenters. The quantitative estimate of drug-likeness (QED) is 0.854. The van der Waals surface area contributed by atoms with E-state index in [1.54, 1.807) is 25.8 Å². The summed E-state index contributed by atoms with van der Waals surface area (Å²) in [5, 5.41) is 9.71. The summed E-state index contributed by atoms with van der Waals surface area (Å²) in [4.78, 5) is 13.8. The van der Waals surface area contributed by atoms with Crippen molar-refractivity contribution in [1.29, 1.82) is 0 Å². The topological polar surface area (TPSA) is 40.5 Å². The van der Waals surface area contributed by atoms with Crippen LogP contribution in [-0.4, -0.2) is 35.1 Å². The van der Waals surface area contributed by atoms with Crippen molar-refractivity contribution >= 4 is 28.5 Å². The van der Waals surface area contributed by atoms with E-state index in [2.05, 4.69) is 22.6 Å². The molecule has 3 nitrogen and oxygen atoms in total. The third-order valence-electron chi connectivity index (χ3n) is 2.39. The lowest BCUT2D eigenvalue weighted by atomic mass is 10.1. The minimum atomic E-state index is -0.875. The van der Waals surface area contributed by atoms with Crippen LogP contribution in [0.3, 0.4) is 0 Å². The number of carbonyl (C=O) groups excluding carboxylic acids is 1. The Morgan fingerprint density at radius 3 is 2.59 bits per heavy atom. The van der Waals surface area contributed by atoms with Crippen molar-refractivity contribution in [1.82, 2.24) is 4.90 Å². The summed E-state index contributed by atoms with van der Waals surface area (Å²) in [7, 11) is 1.71. The molecule has 0 aliphatic heterocycles. The number of amides is 1. The third kappa shape index (κ3) is 3.96. The van der Waals surface area contributed by atoms with Gasteiger partial charge in [-0.15, -0.1) is 0 Å². The normalized spacial score (nSPS) is 11.4. The van der Waals surface area contributed by atoms with Crippen LogP contribution in [0.4, 0.5) is 0 Å². The molecule has 0 saturated heterocycles. The number of aliphatic hydroxyl groups is 1. The molecule has 1 aromatic rings. The lowest BCUT2D eigenvalue weighted by Crippen LogP contribution is -2.40. The maximum atomic E-state index is 12.2. The molecule has 0 heterocycles. The number of hydrogen-bond acceptors (Lipinski definition) is 2. The SMILES string of the molecule is Cc1cccc(C(=O)N(C)CC(C)(C)O)c1I. The van der Waals surface area contributed by atoms with E-state index in [-0.39, 0.29) is 5.91 Å². The summed E-state index contributed by atoms with van der Waals surface area (Å²) in [5.41, 5.74) is 0.908. The molecule has 0 radical (unpaired) electrons. The minimum Gasteiger partial charge on any atom is -0.389 e. The number of nitrogens with zero attached hydrogens (tertiary/aromatic N) is 1. The summed E-state index contributed by atoms with van der Waals surface area (Å²) >= 11 is 2.18. The molecule has 0 aliphatic carbocycles. The largest absolute Gasteiger partial charge is 0.389 e. The van der Waals surface area contributed by atoms with Crippen molar-refractivity contribution < 1.29 is 9.90 Å². The predicted octanol–water partition coefficient (Wildman–Crippen LogP) is 2.44. The summed E-state index contributed by atoms with van der Waals surface area (Å²) in [5.74, 6) is -0.0553. The molecule has 0 aromatic heterocycles. The van der Waals surface area contributed by atoms with Crippen LogP contribution in [0.25, 0.3) is 0 Å². The van der Waals surface area contributed by atoms with E-state index in [4.69, 9.17) is 0 Å². The monoisotopic (exact) mass is 347 g/mol. The molecule has 0 aliphatic rings. The average Bonchev–Trinajstić information content (AvgIpc) is 2.18. The average molecular weight is 347 g/mol. The Balaban J connectivity index is 2.93. The van der Waals surface area contributed by atoms with Gasteiger partial charge in [0.25, 0.3) is 5.91 Å². The number of aryl methyl sites for hydroxylation is 1. The molecule has 17 heavy (non-hydrogen) atoms. The van der Waals surface area contributed by atoms with Gasteiger partial charge in [-0.2, -0.15) is 0 Å². The van der Waals surface area contributed by atoms with Crippen molar-refractivity contribution in [3.63, 3.8) is 0 Å². The first-order valence-electron chi connectivity index (χ1n) is 5.45. The number of hydrogen-bond donors (Lipinski definition) is 1. The van der Waals surface area contributed by atoms with Crippen LogP contribution in [0.2, 0.25) is 0 Å². The van der Waals surface area contributed by atoms with Crippen molar-refractivity contribution in [3.05, 3.63) is 32.9 Å². The maximum Gasteiger partial charge on any atom is 0.254 e. The van der Waals surface area contributed by atoms with Crippen LogP contribution in [-0.2, 0) is 0 Å². The van der Waals surface area contributed by atoms with E-state index in [0.717, 1.165) is 9.13 Å². The smallest absolute Gasteiger partial charge is 0.254 e. The van der Waals surface area contributed by atoms with E-state index < -0.39 is 5.60 Å². The zero-order valence-corrected chi connectivity index (χ0v) is 12.8. The molecule has 4 heteroatoms. The van der Waals surface area contributed by atoms with Gasteiger partial charge in [0.15, 0.2) is 0 Å². The number of carbonyl (C=O) groups is 1. The van der Waals surface area contributed by atoms with Crippen LogP contribution < -0.4 is 0 Å². The van der Waals surface area contributed by atoms with Gasteiger partial charge in [-0.05, 0) is 55.0 Å². The van der Waals surface area contributed by atoms with Crippen molar-refractivity contribution in [3.8, 4) is 0 Å². The van der Waals surface area contributed by atoms with Gasteiger partial charge in [0.2, 0.25) is 0 Å². The lowest BCUT2D eigenvalue weighted by molar-refractivity contribution is 0.0367. The summed E-state index contributed by atoms with van der Waals surface area (Å²) < 4.78 is 0.970. The molecule has 0 saturated carbocycles. The number of rotatable bonds is 3. The van der Waals surface area contributed by atoms with Crippen molar-refractivity contribution in [2.75, 3.05) is 13.6 Å². The second-order valence-corrected chi connectivity index (χ2v) is 5.99. The van der Waals surface area contributed by atoms with E-state index in [9.17, 15) is 9.90 Å². The third-order valence-corrected chi connectivity index (χ3v) is 3.82. The maximum absolute atomic E-state index is 12.2. The van der Waals surface area contributed by atoms with Gasteiger partial charge in [0.1, 0.15) is 0 Å². The van der Waals surface area contributed by atoms with E-state index in [1.807, 2.05) is 25.1 Å². The van der Waals surface area contributed by atoms with Gasteiger partial charge in [-0.3, -0.25) is 4.79 Å². The molecule has 1 N–H and O–H groups in total. The molecule has 94 valence electrons. The van der Waals surface area contributed by atoms with Gasteiger partial charge in [-0.1, -0.05) is 12.1 Å². The first kappa shape index (κ1) is 14.4. The Morgan fingerprint density at radius 1 is 1.47 bits per heavy atom. The summed E-state index contributed by atoms with van der Waals surface area (Å²) in [6.07, 6.45) is 0. The standard InChI is InChI=1S/C13H18INO2/c1-9-6-5-7-10(11(9)14)12(16)15(4)8-13(2,3)17/h5-7,17H,8H2,1-4H3. The fraction of sp³-hybridized carbons (Fsp3) is 0.462.